The molecule has 3 heteroatoms. The van der Waals surface area contributed by atoms with Crippen LogP contribution in [0.5, 0.6) is 0 Å². The molecule has 1 aliphatic heterocycles. The van der Waals surface area contributed by atoms with Crippen molar-refractivity contribution >= 4 is 0 Å². The highest BCUT2D eigenvalue weighted by atomic mass is 16.7. The Kier molecular flexibility index (Phi) is 4.45. The number of aliphatic hydroxyl groups is 1. The van der Waals surface area contributed by atoms with Gasteiger partial charge < -0.3 is 14.6 Å². The van der Waals surface area contributed by atoms with Gasteiger partial charge in [0.15, 0.2) is 6.29 Å². The Labute approximate surface area is 104 Å². The molecule has 3 nitrogen and oxygen atoms in total. The van der Waals surface area contributed by atoms with Crippen molar-refractivity contribution in [2.24, 2.45) is 11.8 Å². The molecule has 0 unspecified atom stereocenters. The van der Waals surface area contributed by atoms with Crippen molar-refractivity contribution in [2.75, 3.05) is 13.2 Å². The number of rotatable bonds is 4. The van der Waals surface area contributed by atoms with Crippen LogP contribution in [0.4, 0.5) is 0 Å². The van der Waals surface area contributed by atoms with Gasteiger partial charge in [0.25, 0.3) is 0 Å². The van der Waals surface area contributed by atoms with Gasteiger partial charge in [0.2, 0.25) is 0 Å². The lowest BCUT2D eigenvalue weighted by Gasteiger charge is -2.38. The molecule has 1 saturated carbocycles. The fraction of sp³-hybridized carbons (Fsp3) is 1.00. The predicted molar refractivity (Wildman–Crippen MR) is 66.7 cm³/mol. The van der Waals surface area contributed by atoms with Crippen molar-refractivity contribution in [3.8, 4) is 0 Å². The fourth-order valence-electron chi connectivity index (χ4n) is 3.28. The lowest BCUT2D eigenvalue weighted by molar-refractivity contribution is -0.183. The standard InChI is InChI=1S/C14H26O3/c1-11(2)12-3-6-14(7-4-12)8-5-13(17-14)16-10-9-15/h11-13,15H,3-10H2,1-2H3/t12?,13-,14?/m1/s1. The summed E-state index contributed by atoms with van der Waals surface area (Å²) in [6.45, 7) is 5.13. The molecule has 1 aliphatic carbocycles. The summed E-state index contributed by atoms with van der Waals surface area (Å²) in [6.07, 6.45) is 7.02. The Morgan fingerprint density at radius 3 is 2.47 bits per heavy atom. The van der Waals surface area contributed by atoms with E-state index in [0.29, 0.717) is 6.61 Å². The van der Waals surface area contributed by atoms with Crippen LogP contribution in [0.3, 0.4) is 0 Å². The summed E-state index contributed by atoms with van der Waals surface area (Å²) in [5.74, 6) is 1.68. The van der Waals surface area contributed by atoms with Gasteiger partial charge in [-0.3, -0.25) is 0 Å². The van der Waals surface area contributed by atoms with Crippen molar-refractivity contribution in [1.82, 2.24) is 0 Å². The van der Waals surface area contributed by atoms with Gasteiger partial charge >= 0.3 is 0 Å². The zero-order valence-corrected chi connectivity index (χ0v) is 11.2. The van der Waals surface area contributed by atoms with E-state index < -0.39 is 0 Å². The molecular weight excluding hydrogens is 216 g/mol. The van der Waals surface area contributed by atoms with E-state index in [2.05, 4.69) is 13.8 Å². The SMILES string of the molecule is CC(C)C1CCC2(CC1)CC[C@H](OCCO)O2. The van der Waals surface area contributed by atoms with Crippen LogP contribution >= 0.6 is 0 Å². The molecule has 17 heavy (non-hydrogen) atoms. The molecule has 0 aromatic heterocycles. The van der Waals surface area contributed by atoms with E-state index in [-0.39, 0.29) is 18.5 Å². The fourth-order valence-corrected chi connectivity index (χ4v) is 3.28. The Morgan fingerprint density at radius 2 is 1.88 bits per heavy atom. The van der Waals surface area contributed by atoms with Crippen molar-refractivity contribution in [1.29, 1.82) is 0 Å². The predicted octanol–water partition coefficient (Wildman–Crippen LogP) is 2.72. The van der Waals surface area contributed by atoms with Crippen molar-refractivity contribution < 1.29 is 14.6 Å². The summed E-state index contributed by atoms with van der Waals surface area (Å²) in [5, 5.41) is 8.74. The average molecular weight is 242 g/mol. The molecule has 2 fully saturated rings. The summed E-state index contributed by atoms with van der Waals surface area (Å²) in [6, 6.07) is 0. The first-order chi connectivity index (χ1) is 8.15. The Morgan fingerprint density at radius 1 is 1.24 bits per heavy atom. The van der Waals surface area contributed by atoms with E-state index in [1.165, 1.54) is 25.7 Å². The quantitative estimate of drug-likeness (QED) is 0.824. The van der Waals surface area contributed by atoms with E-state index in [0.717, 1.165) is 24.7 Å². The van der Waals surface area contributed by atoms with Crippen molar-refractivity contribution in [3.05, 3.63) is 0 Å². The van der Waals surface area contributed by atoms with Gasteiger partial charge in [0.05, 0.1) is 18.8 Å². The molecule has 0 radical (unpaired) electrons. The second-order valence-electron chi connectivity index (χ2n) is 5.94. The number of hydrogen-bond donors (Lipinski definition) is 1. The molecule has 0 aromatic carbocycles. The van der Waals surface area contributed by atoms with Crippen LogP contribution in [0, 0.1) is 11.8 Å². The normalized spacial score (nSPS) is 38.1. The van der Waals surface area contributed by atoms with Gasteiger partial charge in [-0.2, -0.15) is 0 Å². The smallest absolute Gasteiger partial charge is 0.158 e. The Bertz CT molecular complexity index is 232. The monoisotopic (exact) mass is 242 g/mol. The molecule has 0 aromatic rings. The van der Waals surface area contributed by atoms with Gasteiger partial charge in [0.1, 0.15) is 0 Å². The summed E-state index contributed by atoms with van der Waals surface area (Å²) in [4.78, 5) is 0. The van der Waals surface area contributed by atoms with Gasteiger partial charge in [-0.1, -0.05) is 13.8 Å². The van der Waals surface area contributed by atoms with E-state index >= 15 is 0 Å². The first-order valence-electron chi connectivity index (χ1n) is 7.05. The third-order valence-corrected chi connectivity index (χ3v) is 4.50. The minimum Gasteiger partial charge on any atom is -0.394 e. The minimum absolute atomic E-state index is 0.0715. The highest BCUT2D eigenvalue weighted by molar-refractivity contribution is 4.92. The van der Waals surface area contributed by atoms with Gasteiger partial charge in [-0.05, 0) is 43.9 Å². The minimum atomic E-state index is -0.0715. The zero-order valence-electron chi connectivity index (χ0n) is 11.2. The Balaban J connectivity index is 1.79. The van der Waals surface area contributed by atoms with Gasteiger partial charge in [-0.15, -0.1) is 0 Å². The topological polar surface area (TPSA) is 38.7 Å². The average Bonchev–Trinajstić information content (AvgIpc) is 2.70. The van der Waals surface area contributed by atoms with Crippen LogP contribution in [-0.4, -0.2) is 30.2 Å². The second-order valence-corrected chi connectivity index (χ2v) is 5.94. The molecule has 1 heterocycles. The van der Waals surface area contributed by atoms with Crippen LogP contribution in [0.1, 0.15) is 52.4 Å². The van der Waals surface area contributed by atoms with E-state index in [1.54, 1.807) is 0 Å². The molecule has 0 bridgehead atoms. The first-order valence-corrected chi connectivity index (χ1v) is 7.05. The van der Waals surface area contributed by atoms with E-state index in [4.69, 9.17) is 14.6 Å². The van der Waals surface area contributed by atoms with Crippen LogP contribution < -0.4 is 0 Å². The van der Waals surface area contributed by atoms with E-state index in [1.807, 2.05) is 0 Å². The molecule has 2 aliphatic rings. The maximum Gasteiger partial charge on any atom is 0.158 e. The summed E-state index contributed by atoms with van der Waals surface area (Å²) in [5.41, 5.74) is 0.103. The van der Waals surface area contributed by atoms with Gasteiger partial charge in [0, 0.05) is 6.42 Å². The first kappa shape index (κ1) is 13.3. The van der Waals surface area contributed by atoms with Crippen LogP contribution in [-0.2, 0) is 9.47 Å². The summed E-state index contributed by atoms with van der Waals surface area (Å²) < 4.78 is 11.6. The van der Waals surface area contributed by atoms with Crippen molar-refractivity contribution in [3.63, 3.8) is 0 Å². The molecule has 1 atom stereocenters. The molecule has 1 spiro atoms. The summed E-state index contributed by atoms with van der Waals surface area (Å²) in [7, 11) is 0. The molecule has 1 saturated heterocycles. The lowest BCUT2D eigenvalue weighted by atomic mass is 9.74. The zero-order chi connectivity index (χ0) is 12.3. The van der Waals surface area contributed by atoms with Crippen LogP contribution in [0.15, 0.2) is 0 Å². The highest BCUT2D eigenvalue weighted by Crippen LogP contribution is 2.45. The number of aliphatic hydroxyl groups excluding tert-OH is 1. The highest BCUT2D eigenvalue weighted by Gasteiger charge is 2.43. The third-order valence-electron chi connectivity index (χ3n) is 4.50. The van der Waals surface area contributed by atoms with Gasteiger partial charge in [-0.25, -0.2) is 0 Å². The molecule has 100 valence electrons. The number of hydrogen-bond acceptors (Lipinski definition) is 3. The molecular formula is C14H26O3. The third kappa shape index (κ3) is 3.21. The van der Waals surface area contributed by atoms with Crippen LogP contribution in [0.2, 0.25) is 0 Å². The summed E-state index contributed by atoms with van der Waals surface area (Å²) >= 11 is 0. The molecule has 0 amide bonds. The molecule has 1 N–H and O–H groups in total. The Hall–Kier alpha value is -0.120. The maximum absolute atomic E-state index is 8.74. The van der Waals surface area contributed by atoms with Crippen molar-refractivity contribution in [2.45, 2.75) is 64.3 Å². The van der Waals surface area contributed by atoms with Crippen LogP contribution in [0.25, 0.3) is 0 Å². The lowest BCUT2D eigenvalue weighted by Crippen LogP contribution is -2.36. The maximum atomic E-state index is 8.74. The molecule has 2 rings (SSSR count). The second kappa shape index (κ2) is 5.68. The van der Waals surface area contributed by atoms with E-state index in [9.17, 15) is 0 Å². The number of ether oxygens (including phenoxy) is 2. The largest absolute Gasteiger partial charge is 0.394 e.